The van der Waals surface area contributed by atoms with Gasteiger partial charge in [0.2, 0.25) is 11.8 Å². The fraction of sp³-hybridized carbons (Fsp3) is 0.400. The highest BCUT2D eigenvalue weighted by Crippen LogP contribution is 2.29. The molecule has 3 rings (SSSR count). The fourth-order valence-corrected chi connectivity index (χ4v) is 3.54. The molecule has 0 bridgehead atoms. The van der Waals surface area contributed by atoms with Gasteiger partial charge in [0.05, 0.1) is 11.4 Å². The van der Waals surface area contributed by atoms with E-state index < -0.39 is 11.2 Å². The van der Waals surface area contributed by atoms with Crippen molar-refractivity contribution in [2.24, 2.45) is 4.99 Å². The minimum atomic E-state index is -0.701. The van der Waals surface area contributed by atoms with Gasteiger partial charge in [-0.25, -0.2) is 4.79 Å². The van der Waals surface area contributed by atoms with Crippen LogP contribution in [0.4, 0.5) is 11.4 Å². The van der Waals surface area contributed by atoms with Crippen LogP contribution in [0.1, 0.15) is 57.1 Å². The summed E-state index contributed by atoms with van der Waals surface area (Å²) in [6, 6.07) is 6.71. The molecule has 1 aliphatic rings. The number of hydrogen-bond donors (Lipinski definition) is 3. The molecule has 1 aromatic heterocycles. The van der Waals surface area contributed by atoms with Crippen molar-refractivity contribution in [3.8, 4) is 5.88 Å². The Morgan fingerprint density at radius 3 is 2.57 bits per heavy atom. The molecule has 8 heteroatoms. The summed E-state index contributed by atoms with van der Waals surface area (Å²) in [5, 5.41) is 13.3. The van der Waals surface area contributed by atoms with Gasteiger partial charge in [-0.1, -0.05) is 37.8 Å². The number of aromatic hydroxyl groups is 1. The third-order valence-corrected chi connectivity index (χ3v) is 4.89. The maximum absolute atomic E-state index is 12.3. The maximum atomic E-state index is 12.3. The number of aromatic nitrogens is 2. The third-order valence-electron chi connectivity index (χ3n) is 4.89. The standard InChI is InChI=1S/C20H24N4O4/c1-13(25)22-17-11-7-6-10-16(17)21-12-15-18(26)23-20(28)24(19(15)27)14-8-4-2-3-5-9-14/h6-7,10-12,14,27H,2-5,8-9H2,1H3,(H,22,25)(H,23,26,28). The highest BCUT2D eigenvalue weighted by atomic mass is 16.3. The topological polar surface area (TPSA) is 117 Å². The quantitative estimate of drug-likeness (QED) is 0.555. The number of carbonyl (C=O) groups excluding carboxylic acids is 1. The zero-order valence-electron chi connectivity index (χ0n) is 15.8. The fourth-order valence-electron chi connectivity index (χ4n) is 3.54. The first kappa shape index (κ1) is 19.6. The second-order valence-corrected chi connectivity index (χ2v) is 6.97. The molecule has 1 aliphatic carbocycles. The molecule has 148 valence electrons. The van der Waals surface area contributed by atoms with E-state index in [0.717, 1.165) is 38.5 Å². The van der Waals surface area contributed by atoms with Crippen LogP contribution in [-0.4, -0.2) is 26.8 Å². The van der Waals surface area contributed by atoms with Crippen LogP contribution in [0.25, 0.3) is 0 Å². The summed E-state index contributed by atoms with van der Waals surface area (Å²) < 4.78 is 1.27. The second kappa shape index (κ2) is 8.69. The molecular formula is C20H24N4O4. The predicted molar refractivity (Wildman–Crippen MR) is 108 cm³/mol. The number of amides is 1. The Hall–Kier alpha value is -3.16. The van der Waals surface area contributed by atoms with Crippen LogP contribution in [0.2, 0.25) is 0 Å². The lowest BCUT2D eigenvalue weighted by Gasteiger charge is -2.19. The molecule has 0 spiro atoms. The minimum Gasteiger partial charge on any atom is -0.494 e. The van der Waals surface area contributed by atoms with Gasteiger partial charge in [0, 0.05) is 19.2 Å². The van der Waals surface area contributed by atoms with E-state index in [2.05, 4.69) is 15.3 Å². The number of rotatable bonds is 4. The van der Waals surface area contributed by atoms with Gasteiger partial charge in [-0.05, 0) is 25.0 Å². The zero-order chi connectivity index (χ0) is 20.1. The van der Waals surface area contributed by atoms with Crippen molar-refractivity contribution in [1.29, 1.82) is 0 Å². The smallest absolute Gasteiger partial charge is 0.331 e. The van der Waals surface area contributed by atoms with Gasteiger partial charge < -0.3 is 10.4 Å². The number of anilines is 1. The minimum absolute atomic E-state index is 0.0820. The zero-order valence-corrected chi connectivity index (χ0v) is 15.8. The van der Waals surface area contributed by atoms with E-state index in [1.54, 1.807) is 24.3 Å². The monoisotopic (exact) mass is 384 g/mol. The van der Waals surface area contributed by atoms with Crippen molar-refractivity contribution in [3.05, 3.63) is 50.7 Å². The van der Waals surface area contributed by atoms with Crippen LogP contribution >= 0.6 is 0 Å². The lowest BCUT2D eigenvalue weighted by Crippen LogP contribution is -2.34. The normalized spacial score (nSPS) is 15.5. The predicted octanol–water partition coefficient (Wildman–Crippen LogP) is 2.85. The van der Waals surface area contributed by atoms with Gasteiger partial charge >= 0.3 is 5.69 Å². The van der Waals surface area contributed by atoms with E-state index in [1.165, 1.54) is 17.7 Å². The Kier molecular flexibility index (Phi) is 6.08. The average molecular weight is 384 g/mol. The van der Waals surface area contributed by atoms with E-state index in [4.69, 9.17) is 0 Å². The van der Waals surface area contributed by atoms with Gasteiger partial charge in [0.25, 0.3) is 5.56 Å². The summed E-state index contributed by atoms with van der Waals surface area (Å²) in [6.45, 7) is 1.39. The van der Waals surface area contributed by atoms with Crippen LogP contribution in [0.3, 0.4) is 0 Å². The third kappa shape index (κ3) is 4.39. The lowest BCUT2D eigenvalue weighted by atomic mass is 10.1. The Labute approximate surface area is 162 Å². The molecule has 1 fully saturated rings. The van der Waals surface area contributed by atoms with E-state index in [0.29, 0.717) is 11.4 Å². The highest BCUT2D eigenvalue weighted by Gasteiger charge is 2.21. The Balaban J connectivity index is 2.00. The number of para-hydroxylation sites is 2. The van der Waals surface area contributed by atoms with Crippen LogP contribution in [0.15, 0.2) is 38.8 Å². The van der Waals surface area contributed by atoms with Crippen LogP contribution < -0.4 is 16.6 Å². The lowest BCUT2D eigenvalue weighted by molar-refractivity contribution is -0.114. The molecule has 1 heterocycles. The summed E-state index contributed by atoms with van der Waals surface area (Å²) >= 11 is 0. The molecule has 28 heavy (non-hydrogen) atoms. The number of carbonyl (C=O) groups is 1. The van der Waals surface area contributed by atoms with Gasteiger partial charge in [0.1, 0.15) is 5.56 Å². The van der Waals surface area contributed by atoms with Crippen molar-refractivity contribution in [1.82, 2.24) is 9.55 Å². The van der Waals surface area contributed by atoms with Gasteiger partial charge in [-0.3, -0.25) is 24.1 Å². The highest BCUT2D eigenvalue weighted by molar-refractivity contribution is 5.93. The molecule has 0 aliphatic heterocycles. The first-order valence-electron chi connectivity index (χ1n) is 9.46. The van der Waals surface area contributed by atoms with Crippen LogP contribution in [0.5, 0.6) is 5.88 Å². The molecule has 1 amide bonds. The van der Waals surface area contributed by atoms with Crippen LogP contribution in [0, 0.1) is 0 Å². The van der Waals surface area contributed by atoms with Gasteiger partial charge in [-0.2, -0.15) is 0 Å². The second-order valence-electron chi connectivity index (χ2n) is 6.97. The number of H-pyrrole nitrogens is 1. The molecule has 0 saturated heterocycles. The molecule has 0 atom stereocenters. The SMILES string of the molecule is CC(=O)Nc1ccccc1N=Cc1c(O)n(C2CCCCCC2)c(=O)[nH]c1=O. The van der Waals surface area contributed by atoms with Crippen molar-refractivity contribution < 1.29 is 9.90 Å². The van der Waals surface area contributed by atoms with Crippen molar-refractivity contribution in [3.63, 3.8) is 0 Å². The van der Waals surface area contributed by atoms with Crippen molar-refractivity contribution in [2.75, 3.05) is 5.32 Å². The Morgan fingerprint density at radius 2 is 1.89 bits per heavy atom. The van der Waals surface area contributed by atoms with E-state index >= 15 is 0 Å². The average Bonchev–Trinajstić information content (AvgIpc) is 2.91. The Bertz CT molecular complexity index is 998. The number of hydrogen-bond acceptors (Lipinski definition) is 5. The molecular weight excluding hydrogens is 360 g/mol. The number of aromatic amines is 1. The van der Waals surface area contributed by atoms with Crippen molar-refractivity contribution >= 4 is 23.5 Å². The maximum Gasteiger partial charge on any atom is 0.331 e. The Morgan fingerprint density at radius 1 is 1.21 bits per heavy atom. The summed E-state index contributed by atoms with van der Waals surface area (Å²) in [4.78, 5) is 42.5. The van der Waals surface area contributed by atoms with Gasteiger partial charge in [-0.15, -0.1) is 0 Å². The summed E-state index contributed by atoms with van der Waals surface area (Å²) in [5.41, 5.74) is -0.470. The molecule has 3 N–H and O–H groups in total. The van der Waals surface area contributed by atoms with Crippen LogP contribution in [-0.2, 0) is 4.79 Å². The first-order chi connectivity index (χ1) is 13.5. The summed E-state index contributed by atoms with van der Waals surface area (Å²) in [7, 11) is 0. The van der Waals surface area contributed by atoms with E-state index in [1.807, 2.05) is 0 Å². The molecule has 8 nitrogen and oxygen atoms in total. The van der Waals surface area contributed by atoms with Crippen molar-refractivity contribution in [2.45, 2.75) is 51.5 Å². The number of aliphatic imine (C=N–C) groups is 1. The number of nitrogens with zero attached hydrogens (tertiary/aromatic N) is 2. The molecule has 1 aromatic carbocycles. The first-order valence-corrected chi connectivity index (χ1v) is 9.46. The van der Waals surface area contributed by atoms with Gasteiger partial charge in [0.15, 0.2) is 0 Å². The molecule has 2 aromatic rings. The van der Waals surface area contributed by atoms with E-state index in [-0.39, 0.29) is 23.4 Å². The largest absolute Gasteiger partial charge is 0.494 e. The molecule has 1 saturated carbocycles. The number of benzene rings is 1. The number of nitrogens with one attached hydrogen (secondary N) is 2. The molecule has 0 unspecified atom stereocenters. The summed E-state index contributed by atoms with van der Waals surface area (Å²) in [6.07, 6.45) is 6.93. The summed E-state index contributed by atoms with van der Waals surface area (Å²) in [5.74, 6) is -0.619. The molecule has 0 radical (unpaired) electrons. The van der Waals surface area contributed by atoms with E-state index in [9.17, 15) is 19.5 Å².